The molecule has 31 heavy (non-hydrogen) atoms. The molecule has 3 aromatic rings. The Morgan fingerprint density at radius 3 is 2.55 bits per heavy atom. The van der Waals surface area contributed by atoms with E-state index < -0.39 is 28.8 Å². The van der Waals surface area contributed by atoms with Crippen LogP contribution in [0.3, 0.4) is 0 Å². The molecule has 3 rings (SSSR count). The van der Waals surface area contributed by atoms with E-state index in [-0.39, 0.29) is 24.0 Å². The van der Waals surface area contributed by atoms with Crippen molar-refractivity contribution in [3.05, 3.63) is 81.7 Å². The van der Waals surface area contributed by atoms with Crippen LogP contribution in [-0.4, -0.2) is 41.2 Å². The highest BCUT2D eigenvalue weighted by atomic mass is 19.4. The molecule has 164 valence electrons. The lowest BCUT2D eigenvalue weighted by molar-refractivity contribution is -0.137. The van der Waals surface area contributed by atoms with Gasteiger partial charge in [-0.1, -0.05) is 12.1 Å². The largest absolute Gasteiger partial charge is 0.468 e. The number of halogens is 3. The van der Waals surface area contributed by atoms with Crippen molar-refractivity contribution in [1.29, 1.82) is 0 Å². The molecule has 0 aliphatic heterocycles. The van der Waals surface area contributed by atoms with E-state index in [1.807, 2.05) is 4.90 Å². The predicted octanol–water partition coefficient (Wildman–Crippen LogP) is 3.19. The predicted molar refractivity (Wildman–Crippen MR) is 107 cm³/mol. The Balaban J connectivity index is 1.93. The summed E-state index contributed by atoms with van der Waals surface area (Å²) in [5, 5.41) is 6.57. The van der Waals surface area contributed by atoms with Crippen LogP contribution in [0.5, 0.6) is 0 Å². The van der Waals surface area contributed by atoms with Crippen LogP contribution in [0.25, 0.3) is 5.69 Å². The fourth-order valence-corrected chi connectivity index (χ4v) is 3.14. The van der Waals surface area contributed by atoms with Gasteiger partial charge in [0.05, 0.1) is 23.6 Å². The third kappa shape index (κ3) is 4.85. The van der Waals surface area contributed by atoms with Gasteiger partial charge in [-0.25, -0.2) is 4.68 Å². The molecule has 2 heterocycles. The number of nitrogens with one attached hydrogen (secondary N) is 1. The zero-order valence-electron chi connectivity index (χ0n) is 17.1. The maximum atomic E-state index is 13.4. The van der Waals surface area contributed by atoms with Crippen LogP contribution >= 0.6 is 0 Å². The third-order valence-corrected chi connectivity index (χ3v) is 4.71. The summed E-state index contributed by atoms with van der Waals surface area (Å²) in [7, 11) is 3.59. The number of furan rings is 1. The molecule has 1 aromatic carbocycles. The molecule has 10 heteroatoms. The number of carbonyl (C=O) groups is 1. The van der Waals surface area contributed by atoms with Crippen LogP contribution in [0, 0.1) is 6.92 Å². The Morgan fingerprint density at radius 2 is 1.94 bits per heavy atom. The first kappa shape index (κ1) is 22.3. The summed E-state index contributed by atoms with van der Waals surface area (Å²) in [6.45, 7) is 1.55. The molecule has 1 N–H and O–H groups in total. The summed E-state index contributed by atoms with van der Waals surface area (Å²) in [5.41, 5.74) is -2.22. The number of aromatic nitrogens is 2. The summed E-state index contributed by atoms with van der Waals surface area (Å²) in [4.78, 5) is 26.9. The number of amides is 1. The van der Waals surface area contributed by atoms with Gasteiger partial charge < -0.3 is 9.73 Å². The van der Waals surface area contributed by atoms with E-state index in [0.717, 1.165) is 16.8 Å². The minimum absolute atomic E-state index is 0.105. The molecule has 1 unspecified atom stereocenters. The fraction of sp³-hybridized carbons (Fsp3) is 0.286. The fourth-order valence-electron chi connectivity index (χ4n) is 3.14. The molecule has 0 aliphatic rings. The van der Waals surface area contributed by atoms with Gasteiger partial charge in [0.15, 0.2) is 5.69 Å². The second-order valence-corrected chi connectivity index (χ2v) is 7.13. The first-order valence-electron chi connectivity index (χ1n) is 9.35. The lowest BCUT2D eigenvalue weighted by atomic mass is 10.1. The second-order valence-electron chi connectivity index (χ2n) is 7.13. The Labute approximate surface area is 176 Å². The summed E-state index contributed by atoms with van der Waals surface area (Å²) in [5.74, 6) is -0.180. The van der Waals surface area contributed by atoms with E-state index in [1.54, 1.807) is 26.2 Å². The van der Waals surface area contributed by atoms with E-state index in [0.29, 0.717) is 5.76 Å². The minimum Gasteiger partial charge on any atom is -0.468 e. The average Bonchev–Trinajstić information content (AvgIpc) is 3.21. The number of hydrogen-bond acceptors (Lipinski definition) is 5. The van der Waals surface area contributed by atoms with E-state index >= 15 is 0 Å². The van der Waals surface area contributed by atoms with Crippen molar-refractivity contribution in [2.45, 2.75) is 19.1 Å². The van der Waals surface area contributed by atoms with Crippen LogP contribution < -0.4 is 10.7 Å². The van der Waals surface area contributed by atoms with E-state index in [9.17, 15) is 22.8 Å². The molecule has 7 nitrogen and oxygen atoms in total. The molecule has 0 aliphatic carbocycles. The number of nitrogens with zero attached hydrogens (tertiary/aromatic N) is 3. The monoisotopic (exact) mass is 434 g/mol. The Morgan fingerprint density at radius 1 is 1.23 bits per heavy atom. The SMILES string of the molecule is Cc1cc(=O)c(C(=O)NCC(c2ccco2)N(C)C)nn1-c1ccccc1C(F)(F)F. The highest BCUT2D eigenvalue weighted by Gasteiger charge is 2.34. The maximum absolute atomic E-state index is 13.4. The minimum atomic E-state index is -4.63. The van der Waals surface area contributed by atoms with Gasteiger partial charge in [-0.3, -0.25) is 14.5 Å². The van der Waals surface area contributed by atoms with Crippen LogP contribution in [0.4, 0.5) is 13.2 Å². The number of likely N-dealkylation sites (N-methyl/N-ethyl adjacent to an activating group) is 1. The number of aryl methyl sites for hydroxylation is 1. The topological polar surface area (TPSA) is 80.4 Å². The summed E-state index contributed by atoms with van der Waals surface area (Å²) in [6, 6.07) is 9.08. The summed E-state index contributed by atoms with van der Waals surface area (Å²) >= 11 is 0. The molecule has 0 fully saturated rings. The van der Waals surface area contributed by atoms with E-state index in [1.165, 1.54) is 31.4 Å². The van der Waals surface area contributed by atoms with E-state index in [2.05, 4.69) is 10.4 Å². The highest BCUT2D eigenvalue weighted by molar-refractivity contribution is 5.92. The zero-order valence-corrected chi connectivity index (χ0v) is 17.1. The molecule has 0 saturated heterocycles. The zero-order chi connectivity index (χ0) is 22.8. The average molecular weight is 434 g/mol. The molecule has 0 spiro atoms. The van der Waals surface area contributed by atoms with Crippen molar-refractivity contribution in [2.24, 2.45) is 0 Å². The highest BCUT2D eigenvalue weighted by Crippen LogP contribution is 2.33. The van der Waals surface area contributed by atoms with Gasteiger partial charge in [-0.05, 0) is 45.3 Å². The molecule has 0 bridgehead atoms. The Bertz CT molecular complexity index is 1120. The molecule has 0 saturated carbocycles. The van der Waals surface area contributed by atoms with Gasteiger partial charge in [0.25, 0.3) is 5.91 Å². The van der Waals surface area contributed by atoms with Gasteiger partial charge >= 0.3 is 6.18 Å². The molecule has 1 atom stereocenters. The summed E-state index contributed by atoms with van der Waals surface area (Å²) in [6.07, 6.45) is -3.12. The van der Waals surface area contributed by atoms with Crippen molar-refractivity contribution in [1.82, 2.24) is 20.0 Å². The van der Waals surface area contributed by atoms with Gasteiger partial charge in [0, 0.05) is 18.3 Å². The first-order valence-corrected chi connectivity index (χ1v) is 9.35. The second kappa shape index (κ2) is 8.76. The number of benzene rings is 1. The van der Waals surface area contributed by atoms with Gasteiger partial charge in [-0.15, -0.1) is 0 Å². The quantitative estimate of drug-likeness (QED) is 0.645. The number of alkyl halides is 3. The van der Waals surface area contributed by atoms with Crippen LogP contribution in [-0.2, 0) is 6.18 Å². The van der Waals surface area contributed by atoms with Crippen molar-refractivity contribution in [3.8, 4) is 5.69 Å². The van der Waals surface area contributed by atoms with Crippen LogP contribution in [0.15, 0.2) is 57.9 Å². The number of carbonyl (C=O) groups excluding carboxylic acids is 1. The molecule has 2 aromatic heterocycles. The Kier molecular flexibility index (Phi) is 6.30. The molecular weight excluding hydrogens is 413 g/mol. The normalized spacial score (nSPS) is 12.7. The van der Waals surface area contributed by atoms with Crippen molar-refractivity contribution in [2.75, 3.05) is 20.6 Å². The molecule has 0 radical (unpaired) electrons. The van der Waals surface area contributed by atoms with E-state index in [4.69, 9.17) is 4.42 Å². The van der Waals surface area contributed by atoms with Gasteiger partial charge in [0.1, 0.15) is 5.76 Å². The lowest BCUT2D eigenvalue weighted by Crippen LogP contribution is -2.37. The van der Waals surface area contributed by atoms with Gasteiger partial charge in [-0.2, -0.15) is 18.3 Å². The van der Waals surface area contributed by atoms with Gasteiger partial charge in [0.2, 0.25) is 5.43 Å². The maximum Gasteiger partial charge on any atom is 0.418 e. The lowest BCUT2D eigenvalue weighted by Gasteiger charge is -2.22. The first-order chi connectivity index (χ1) is 14.6. The van der Waals surface area contributed by atoms with Crippen LogP contribution in [0.2, 0.25) is 0 Å². The number of rotatable bonds is 6. The Hall–Kier alpha value is -3.40. The molecule has 1 amide bonds. The summed E-state index contributed by atoms with van der Waals surface area (Å²) < 4.78 is 46.6. The van der Waals surface area contributed by atoms with Crippen molar-refractivity contribution in [3.63, 3.8) is 0 Å². The van der Waals surface area contributed by atoms with Crippen LogP contribution in [0.1, 0.15) is 33.5 Å². The smallest absolute Gasteiger partial charge is 0.418 e. The molecular formula is C21H21F3N4O3. The number of para-hydroxylation sites is 1. The van der Waals surface area contributed by atoms with Crippen molar-refractivity contribution < 1.29 is 22.4 Å². The van der Waals surface area contributed by atoms with Crippen molar-refractivity contribution >= 4 is 5.91 Å². The third-order valence-electron chi connectivity index (χ3n) is 4.71. The number of hydrogen-bond donors (Lipinski definition) is 1. The standard InChI is InChI=1S/C21H21F3N4O3/c1-13-11-17(29)19(20(30)25-12-16(27(2)3)18-9-6-10-31-18)26-28(13)15-8-5-4-7-14(15)21(22,23)24/h4-11,16H,12H2,1-3H3,(H,25,30).